The summed E-state index contributed by atoms with van der Waals surface area (Å²) in [5.41, 5.74) is 3.42. The van der Waals surface area contributed by atoms with Crippen molar-refractivity contribution in [2.45, 2.75) is 26.3 Å². The lowest BCUT2D eigenvalue weighted by molar-refractivity contribution is 0.145. The number of para-hydroxylation sites is 1. The van der Waals surface area contributed by atoms with Gasteiger partial charge >= 0.3 is 0 Å². The van der Waals surface area contributed by atoms with Crippen molar-refractivity contribution in [2.24, 2.45) is 0 Å². The third kappa shape index (κ3) is 6.36. The average molecular weight is 501 g/mol. The summed E-state index contributed by atoms with van der Waals surface area (Å²) in [6.45, 7) is 10.6. The van der Waals surface area contributed by atoms with E-state index >= 15 is 0 Å². The van der Waals surface area contributed by atoms with Crippen molar-refractivity contribution in [3.05, 3.63) is 60.8 Å². The molecule has 1 fully saturated rings. The van der Waals surface area contributed by atoms with E-state index in [1.807, 2.05) is 54.6 Å². The lowest BCUT2D eigenvalue weighted by Gasteiger charge is -2.32. The number of aromatic nitrogens is 4. The maximum atomic E-state index is 5.96. The first-order valence-electron chi connectivity index (χ1n) is 13.0. The van der Waals surface area contributed by atoms with Gasteiger partial charge in [0, 0.05) is 50.1 Å². The molecular weight excluding hydrogens is 464 g/mol. The third-order valence-corrected chi connectivity index (χ3v) is 6.57. The summed E-state index contributed by atoms with van der Waals surface area (Å²) in [6.07, 6.45) is 2.79. The second-order valence-electron chi connectivity index (χ2n) is 9.79. The molecule has 0 spiro atoms. The van der Waals surface area contributed by atoms with E-state index in [9.17, 15) is 0 Å². The lowest BCUT2D eigenvalue weighted by Crippen LogP contribution is -2.44. The smallest absolute Gasteiger partial charge is 0.229 e. The van der Waals surface area contributed by atoms with E-state index < -0.39 is 0 Å². The van der Waals surface area contributed by atoms with Crippen molar-refractivity contribution >= 4 is 34.4 Å². The van der Waals surface area contributed by atoms with Gasteiger partial charge in [-0.05, 0) is 63.7 Å². The molecule has 2 aromatic heterocycles. The largest absolute Gasteiger partial charge is 0.494 e. The van der Waals surface area contributed by atoms with Crippen molar-refractivity contribution in [3.63, 3.8) is 0 Å². The highest BCUT2D eigenvalue weighted by Crippen LogP contribution is 2.27. The zero-order valence-electron chi connectivity index (χ0n) is 21.9. The molecule has 0 aliphatic carbocycles. The van der Waals surface area contributed by atoms with Gasteiger partial charge in [-0.2, -0.15) is 4.98 Å². The predicted octanol–water partition coefficient (Wildman–Crippen LogP) is 4.91. The van der Waals surface area contributed by atoms with Crippen LogP contribution in [-0.4, -0.2) is 75.7 Å². The van der Waals surface area contributed by atoms with E-state index in [0.29, 0.717) is 5.95 Å². The van der Waals surface area contributed by atoms with Crippen LogP contribution in [0.15, 0.2) is 60.8 Å². The summed E-state index contributed by atoms with van der Waals surface area (Å²) >= 11 is 0. The predicted molar refractivity (Wildman–Crippen MR) is 149 cm³/mol. The number of piperazine rings is 1. The third-order valence-electron chi connectivity index (χ3n) is 6.57. The number of hydrogen-bond acceptors (Lipinski definition) is 8. The van der Waals surface area contributed by atoms with E-state index in [0.717, 1.165) is 80.0 Å². The first-order valence-corrected chi connectivity index (χ1v) is 13.0. The van der Waals surface area contributed by atoms with Crippen LogP contribution in [0.5, 0.6) is 5.75 Å². The molecule has 0 radical (unpaired) electrons. The van der Waals surface area contributed by atoms with Crippen LogP contribution < -0.4 is 15.4 Å². The molecule has 0 saturated carbocycles. The minimum absolute atomic E-state index is 0.173. The molecule has 1 aliphatic heterocycles. The first kappa shape index (κ1) is 25.0. The van der Waals surface area contributed by atoms with Crippen LogP contribution in [0.2, 0.25) is 0 Å². The molecule has 0 atom stereocenters. The molecule has 4 aromatic rings. The van der Waals surface area contributed by atoms with Crippen molar-refractivity contribution < 1.29 is 4.74 Å². The summed E-state index contributed by atoms with van der Waals surface area (Å²) in [6, 6.07) is 18.1. The van der Waals surface area contributed by atoms with Gasteiger partial charge in [0.05, 0.1) is 12.8 Å². The normalized spacial score (nSPS) is 14.8. The molecule has 0 unspecified atom stereocenters. The Kier molecular flexibility index (Phi) is 7.82. The molecule has 194 valence electrons. The van der Waals surface area contributed by atoms with Crippen LogP contribution in [0.3, 0.4) is 0 Å². The molecule has 9 nitrogen and oxygen atoms in total. The Morgan fingerprint density at radius 1 is 0.892 bits per heavy atom. The Morgan fingerprint density at radius 2 is 1.62 bits per heavy atom. The minimum atomic E-state index is 0.173. The molecule has 1 saturated heterocycles. The minimum Gasteiger partial charge on any atom is -0.494 e. The Labute approximate surface area is 218 Å². The zero-order valence-corrected chi connectivity index (χ0v) is 21.9. The van der Waals surface area contributed by atoms with E-state index in [4.69, 9.17) is 14.7 Å². The first-order chi connectivity index (χ1) is 18.0. The highest BCUT2D eigenvalue weighted by molar-refractivity contribution is 5.77. The summed E-state index contributed by atoms with van der Waals surface area (Å²) < 4.78 is 8.05. The standard InChI is InChI=1S/C28H36N8O/c1-21(2)36-26-25(32-28(36)31-22-8-5-4-6-9-22)20-29-27(33-26)30-23-10-12-24(13-11-23)37-19-7-14-35-17-15-34(3)16-18-35/h4-6,8-13,20-21H,7,14-19H2,1-3H3,(H,31,32)(H,29,30,33). The highest BCUT2D eigenvalue weighted by atomic mass is 16.5. The molecule has 2 aromatic carbocycles. The molecule has 9 heteroatoms. The van der Waals surface area contributed by atoms with Gasteiger partial charge in [-0.3, -0.25) is 4.57 Å². The van der Waals surface area contributed by atoms with Gasteiger partial charge in [-0.15, -0.1) is 0 Å². The molecular formula is C28H36N8O. The number of anilines is 4. The van der Waals surface area contributed by atoms with Crippen LogP contribution in [0.25, 0.3) is 11.2 Å². The maximum Gasteiger partial charge on any atom is 0.229 e. The number of ether oxygens (including phenoxy) is 1. The number of imidazole rings is 1. The van der Waals surface area contributed by atoms with E-state index in [1.54, 1.807) is 6.20 Å². The Morgan fingerprint density at radius 3 is 2.35 bits per heavy atom. The Bertz CT molecular complexity index is 1280. The molecule has 2 N–H and O–H groups in total. The summed E-state index contributed by atoms with van der Waals surface area (Å²) in [5, 5.41) is 6.72. The SMILES string of the molecule is CC(C)n1c(Nc2ccccc2)nc2cnc(Nc3ccc(OCCCN4CCN(C)CC4)cc3)nc21. The van der Waals surface area contributed by atoms with E-state index in [-0.39, 0.29) is 6.04 Å². The van der Waals surface area contributed by atoms with E-state index in [1.165, 1.54) is 0 Å². The van der Waals surface area contributed by atoms with Gasteiger partial charge < -0.3 is 25.2 Å². The summed E-state index contributed by atoms with van der Waals surface area (Å²) in [4.78, 5) is 18.9. The Balaban J connectivity index is 1.20. The zero-order chi connectivity index (χ0) is 25.6. The number of nitrogens with zero attached hydrogens (tertiary/aromatic N) is 6. The molecule has 0 bridgehead atoms. The van der Waals surface area contributed by atoms with Crippen LogP contribution >= 0.6 is 0 Å². The number of likely N-dealkylation sites (N-methyl/N-ethyl adjacent to an activating group) is 1. The van der Waals surface area contributed by atoms with Gasteiger partial charge in [-0.1, -0.05) is 18.2 Å². The second-order valence-corrected chi connectivity index (χ2v) is 9.79. The number of rotatable bonds is 10. The maximum absolute atomic E-state index is 5.96. The quantitative estimate of drug-likeness (QED) is 0.297. The number of benzene rings is 2. The van der Waals surface area contributed by atoms with Crippen molar-refractivity contribution in [3.8, 4) is 5.75 Å². The van der Waals surface area contributed by atoms with Crippen LogP contribution in [0, 0.1) is 0 Å². The number of nitrogens with one attached hydrogen (secondary N) is 2. The van der Waals surface area contributed by atoms with Gasteiger partial charge in [0.2, 0.25) is 11.9 Å². The van der Waals surface area contributed by atoms with Gasteiger partial charge in [-0.25, -0.2) is 9.97 Å². The van der Waals surface area contributed by atoms with E-state index in [2.05, 4.69) is 50.9 Å². The fraction of sp³-hybridized carbons (Fsp3) is 0.393. The second kappa shape index (κ2) is 11.6. The monoisotopic (exact) mass is 500 g/mol. The average Bonchev–Trinajstić information content (AvgIpc) is 3.26. The van der Waals surface area contributed by atoms with Crippen LogP contribution in [-0.2, 0) is 0 Å². The highest BCUT2D eigenvalue weighted by Gasteiger charge is 2.16. The summed E-state index contributed by atoms with van der Waals surface area (Å²) in [7, 11) is 2.19. The molecule has 0 amide bonds. The van der Waals surface area contributed by atoms with Crippen LogP contribution in [0.4, 0.5) is 23.3 Å². The lowest BCUT2D eigenvalue weighted by atomic mass is 10.3. The molecule has 1 aliphatic rings. The molecule has 5 rings (SSSR count). The Hall–Kier alpha value is -3.69. The molecule has 3 heterocycles. The van der Waals surface area contributed by atoms with Gasteiger partial charge in [0.25, 0.3) is 0 Å². The van der Waals surface area contributed by atoms with Gasteiger partial charge in [0.15, 0.2) is 5.65 Å². The van der Waals surface area contributed by atoms with Gasteiger partial charge in [0.1, 0.15) is 11.3 Å². The number of fused-ring (bicyclic) bond motifs is 1. The van der Waals surface area contributed by atoms with Crippen LogP contribution in [0.1, 0.15) is 26.3 Å². The van der Waals surface area contributed by atoms with Crippen molar-refractivity contribution in [1.29, 1.82) is 0 Å². The fourth-order valence-corrected chi connectivity index (χ4v) is 4.49. The molecule has 37 heavy (non-hydrogen) atoms. The summed E-state index contributed by atoms with van der Waals surface area (Å²) in [5.74, 6) is 2.15. The topological polar surface area (TPSA) is 83.4 Å². The fourth-order valence-electron chi connectivity index (χ4n) is 4.49. The van der Waals surface area contributed by atoms with Crippen molar-refractivity contribution in [1.82, 2.24) is 29.3 Å². The van der Waals surface area contributed by atoms with Crippen molar-refractivity contribution in [2.75, 3.05) is 57.0 Å². The number of hydrogen-bond donors (Lipinski definition) is 2.